The van der Waals surface area contributed by atoms with Crippen molar-refractivity contribution in [3.05, 3.63) is 59.4 Å². The van der Waals surface area contributed by atoms with Gasteiger partial charge in [-0.25, -0.2) is 0 Å². The van der Waals surface area contributed by atoms with E-state index >= 15 is 0 Å². The molecule has 0 N–H and O–H groups in total. The quantitative estimate of drug-likeness (QED) is 0.568. The summed E-state index contributed by atoms with van der Waals surface area (Å²) >= 11 is 6.02. The topological polar surface area (TPSA) is 60.6 Å². The number of benzene rings is 2. The minimum atomic E-state index is -0.0493. The maximum Gasteiger partial charge on any atom is 0.247 e. The second-order valence-electron chi connectivity index (χ2n) is 6.11. The molecule has 1 heterocycles. The zero-order valence-electron chi connectivity index (χ0n) is 15.6. The first-order chi connectivity index (χ1) is 13.1. The van der Waals surface area contributed by atoms with Crippen LogP contribution in [0.1, 0.15) is 18.9 Å². The van der Waals surface area contributed by atoms with Crippen LogP contribution in [0.5, 0.6) is 11.5 Å². The lowest BCUT2D eigenvalue weighted by atomic mass is 10.2. The predicted octanol–water partition coefficient (Wildman–Crippen LogP) is 4.47. The maximum absolute atomic E-state index is 6.02. The Kier molecular flexibility index (Phi) is 6.32. The Balaban J connectivity index is 1.58. The molecule has 0 aliphatic heterocycles. The fraction of sp³-hybridized carbons (Fsp3) is 0.300. The smallest absolute Gasteiger partial charge is 0.247 e. The Labute approximate surface area is 163 Å². The standard InChI is InChI=1S/C20H22ClN3O3/c1-14(19-22-23-20(27-19)15-7-6-8-16(21)13-15)24(2)11-12-26-18-10-5-4-9-17(18)25-3/h4-10,13-14H,11-12H2,1-3H3. The van der Waals surface area contributed by atoms with Crippen molar-refractivity contribution >= 4 is 11.6 Å². The summed E-state index contributed by atoms with van der Waals surface area (Å²) in [6.07, 6.45) is 0. The molecule has 0 radical (unpaired) electrons. The lowest BCUT2D eigenvalue weighted by molar-refractivity contribution is 0.179. The van der Waals surface area contributed by atoms with Crippen molar-refractivity contribution in [2.75, 3.05) is 27.3 Å². The molecule has 3 aromatic rings. The molecule has 6 nitrogen and oxygen atoms in total. The fourth-order valence-electron chi connectivity index (χ4n) is 2.56. The molecule has 0 spiro atoms. The van der Waals surface area contributed by atoms with Crippen LogP contribution >= 0.6 is 11.6 Å². The number of ether oxygens (including phenoxy) is 2. The average molecular weight is 388 g/mol. The van der Waals surface area contributed by atoms with Gasteiger partial charge < -0.3 is 13.9 Å². The van der Waals surface area contributed by atoms with Gasteiger partial charge in [-0.1, -0.05) is 29.8 Å². The van der Waals surface area contributed by atoms with E-state index in [0.717, 1.165) is 17.1 Å². The highest BCUT2D eigenvalue weighted by molar-refractivity contribution is 6.30. The number of likely N-dealkylation sites (N-methyl/N-ethyl adjacent to an activating group) is 1. The number of aromatic nitrogens is 2. The summed E-state index contributed by atoms with van der Waals surface area (Å²) in [5.41, 5.74) is 0.801. The molecule has 0 fully saturated rings. The zero-order chi connectivity index (χ0) is 19.2. The minimum Gasteiger partial charge on any atom is -0.493 e. The summed E-state index contributed by atoms with van der Waals surface area (Å²) in [4.78, 5) is 2.09. The van der Waals surface area contributed by atoms with Gasteiger partial charge in [0.1, 0.15) is 6.61 Å². The van der Waals surface area contributed by atoms with Gasteiger partial charge in [-0.05, 0) is 44.3 Å². The van der Waals surface area contributed by atoms with Gasteiger partial charge >= 0.3 is 0 Å². The predicted molar refractivity (Wildman–Crippen MR) is 104 cm³/mol. The van der Waals surface area contributed by atoms with E-state index in [9.17, 15) is 0 Å². The molecular weight excluding hydrogens is 366 g/mol. The van der Waals surface area contributed by atoms with Crippen molar-refractivity contribution in [2.45, 2.75) is 13.0 Å². The van der Waals surface area contributed by atoms with E-state index in [1.807, 2.05) is 50.4 Å². The monoisotopic (exact) mass is 387 g/mol. The first kappa shape index (κ1) is 19.2. The Hall–Kier alpha value is -2.57. The first-order valence-electron chi connectivity index (χ1n) is 8.64. The number of para-hydroxylation sites is 2. The molecule has 2 aromatic carbocycles. The van der Waals surface area contributed by atoms with Crippen LogP contribution in [-0.2, 0) is 0 Å². The van der Waals surface area contributed by atoms with Gasteiger partial charge in [-0.3, -0.25) is 4.90 Å². The molecule has 1 atom stereocenters. The number of halogens is 1. The summed E-state index contributed by atoms with van der Waals surface area (Å²) in [5, 5.41) is 8.94. The van der Waals surface area contributed by atoms with Crippen molar-refractivity contribution in [1.82, 2.24) is 15.1 Å². The summed E-state index contributed by atoms with van der Waals surface area (Å²) in [6, 6.07) is 14.9. The fourth-order valence-corrected chi connectivity index (χ4v) is 2.75. The largest absolute Gasteiger partial charge is 0.493 e. The first-order valence-corrected chi connectivity index (χ1v) is 9.01. The molecule has 0 aliphatic rings. The summed E-state index contributed by atoms with van der Waals surface area (Å²) in [5.74, 6) is 2.45. The van der Waals surface area contributed by atoms with Crippen molar-refractivity contribution in [3.8, 4) is 23.0 Å². The third-order valence-electron chi connectivity index (χ3n) is 4.30. The summed E-state index contributed by atoms with van der Waals surface area (Å²) < 4.78 is 16.9. The van der Waals surface area contributed by atoms with Crippen molar-refractivity contribution in [3.63, 3.8) is 0 Å². The van der Waals surface area contributed by atoms with Crippen molar-refractivity contribution < 1.29 is 13.9 Å². The van der Waals surface area contributed by atoms with E-state index < -0.39 is 0 Å². The normalized spacial score (nSPS) is 12.2. The van der Waals surface area contributed by atoms with Gasteiger partial charge in [-0.15, -0.1) is 10.2 Å². The molecule has 0 amide bonds. The number of rotatable bonds is 8. The van der Waals surface area contributed by atoms with E-state index in [4.69, 9.17) is 25.5 Å². The van der Waals surface area contributed by atoms with Crippen LogP contribution < -0.4 is 9.47 Å². The third-order valence-corrected chi connectivity index (χ3v) is 4.54. The summed E-state index contributed by atoms with van der Waals surface area (Å²) in [6.45, 7) is 3.21. The number of hydrogen-bond donors (Lipinski definition) is 0. The number of nitrogens with zero attached hydrogens (tertiary/aromatic N) is 3. The Bertz CT molecular complexity index is 884. The van der Waals surface area contributed by atoms with Crippen LogP contribution in [0.25, 0.3) is 11.5 Å². The highest BCUT2D eigenvalue weighted by Gasteiger charge is 2.19. The van der Waals surface area contributed by atoms with Crippen LogP contribution in [0.3, 0.4) is 0 Å². The van der Waals surface area contributed by atoms with Crippen LogP contribution in [-0.4, -0.2) is 42.4 Å². The molecule has 0 bridgehead atoms. The highest BCUT2D eigenvalue weighted by Crippen LogP contribution is 2.27. The zero-order valence-corrected chi connectivity index (χ0v) is 16.3. The van der Waals surface area contributed by atoms with Crippen molar-refractivity contribution in [2.24, 2.45) is 0 Å². The SMILES string of the molecule is COc1ccccc1OCCN(C)C(C)c1nnc(-c2cccc(Cl)c2)o1. The molecule has 142 valence electrons. The lowest BCUT2D eigenvalue weighted by Crippen LogP contribution is -2.27. The van der Waals surface area contributed by atoms with E-state index in [1.165, 1.54) is 0 Å². The van der Waals surface area contributed by atoms with E-state index in [1.54, 1.807) is 19.2 Å². The summed E-state index contributed by atoms with van der Waals surface area (Å²) in [7, 11) is 3.61. The minimum absolute atomic E-state index is 0.0493. The lowest BCUT2D eigenvalue weighted by Gasteiger charge is -2.22. The molecule has 7 heteroatoms. The second kappa shape index (κ2) is 8.88. The van der Waals surface area contributed by atoms with Gasteiger partial charge in [0, 0.05) is 17.1 Å². The molecule has 3 rings (SSSR count). The van der Waals surface area contributed by atoms with Gasteiger partial charge in [0.15, 0.2) is 11.5 Å². The Morgan fingerprint density at radius 1 is 1.11 bits per heavy atom. The van der Waals surface area contributed by atoms with E-state index in [0.29, 0.717) is 30.0 Å². The van der Waals surface area contributed by atoms with Gasteiger partial charge in [0.25, 0.3) is 0 Å². The molecular formula is C20H22ClN3O3. The number of methoxy groups -OCH3 is 1. The van der Waals surface area contributed by atoms with Crippen LogP contribution in [0.4, 0.5) is 0 Å². The molecule has 27 heavy (non-hydrogen) atoms. The Morgan fingerprint density at radius 3 is 2.63 bits per heavy atom. The molecule has 0 saturated heterocycles. The van der Waals surface area contributed by atoms with Gasteiger partial charge in [0.05, 0.1) is 13.2 Å². The Morgan fingerprint density at radius 2 is 1.89 bits per heavy atom. The maximum atomic E-state index is 6.02. The molecule has 1 unspecified atom stereocenters. The van der Waals surface area contributed by atoms with E-state index in [2.05, 4.69) is 15.1 Å². The number of hydrogen-bond acceptors (Lipinski definition) is 6. The van der Waals surface area contributed by atoms with Gasteiger partial charge in [-0.2, -0.15) is 0 Å². The van der Waals surface area contributed by atoms with Crippen molar-refractivity contribution in [1.29, 1.82) is 0 Å². The highest BCUT2D eigenvalue weighted by atomic mass is 35.5. The van der Waals surface area contributed by atoms with E-state index in [-0.39, 0.29) is 6.04 Å². The molecule has 0 aliphatic carbocycles. The average Bonchev–Trinajstić information content (AvgIpc) is 3.18. The van der Waals surface area contributed by atoms with Gasteiger partial charge in [0.2, 0.25) is 11.8 Å². The third kappa shape index (κ3) is 4.78. The van der Waals surface area contributed by atoms with Crippen LogP contribution in [0.2, 0.25) is 5.02 Å². The van der Waals surface area contributed by atoms with Crippen LogP contribution in [0.15, 0.2) is 52.9 Å². The molecule has 0 saturated carbocycles. The van der Waals surface area contributed by atoms with Crippen LogP contribution in [0, 0.1) is 0 Å². The molecule has 1 aromatic heterocycles. The second-order valence-corrected chi connectivity index (χ2v) is 6.55.